The van der Waals surface area contributed by atoms with Crippen molar-refractivity contribution in [2.24, 2.45) is 5.92 Å². The van der Waals surface area contributed by atoms with Crippen LogP contribution in [0.5, 0.6) is 0 Å². The SMILES string of the molecule is Cl.O=C(O)CCC1CCN(CC=C2c3ccccc3CCc3ccccc32)CC1. The van der Waals surface area contributed by atoms with Crippen LogP contribution in [0, 0.1) is 5.92 Å². The zero-order valence-corrected chi connectivity index (χ0v) is 17.7. The third-order valence-electron chi connectivity index (χ3n) is 6.31. The molecule has 1 aliphatic heterocycles. The summed E-state index contributed by atoms with van der Waals surface area (Å²) >= 11 is 0. The topological polar surface area (TPSA) is 40.5 Å². The highest BCUT2D eigenvalue weighted by Gasteiger charge is 2.21. The molecule has 3 nitrogen and oxygen atoms in total. The Morgan fingerprint density at radius 1 is 0.966 bits per heavy atom. The van der Waals surface area contributed by atoms with Gasteiger partial charge in [-0.2, -0.15) is 0 Å². The predicted molar refractivity (Wildman–Crippen MR) is 121 cm³/mol. The minimum absolute atomic E-state index is 0. The lowest BCUT2D eigenvalue weighted by atomic mass is 9.91. The van der Waals surface area contributed by atoms with Crippen LogP contribution in [-0.2, 0) is 17.6 Å². The highest BCUT2D eigenvalue weighted by Crippen LogP contribution is 2.33. The number of aliphatic carboxylic acids is 1. The number of likely N-dealkylation sites (tertiary alicyclic amines) is 1. The molecule has 0 saturated carbocycles. The molecule has 1 saturated heterocycles. The molecule has 1 aliphatic carbocycles. The zero-order valence-electron chi connectivity index (χ0n) is 16.8. The Hall–Kier alpha value is -2.10. The highest BCUT2D eigenvalue weighted by molar-refractivity contribution is 5.85. The Morgan fingerprint density at radius 3 is 2.07 bits per heavy atom. The van der Waals surface area contributed by atoms with E-state index >= 15 is 0 Å². The Morgan fingerprint density at radius 2 is 1.52 bits per heavy atom. The molecule has 154 valence electrons. The van der Waals surface area contributed by atoms with Gasteiger partial charge in [-0.05, 0) is 78.9 Å². The molecular weight excluding hydrogens is 382 g/mol. The van der Waals surface area contributed by atoms with Crippen molar-refractivity contribution in [1.82, 2.24) is 4.90 Å². The number of carbonyl (C=O) groups is 1. The van der Waals surface area contributed by atoms with Crippen molar-refractivity contribution in [3.8, 4) is 0 Å². The molecule has 4 rings (SSSR count). The second kappa shape index (κ2) is 10.1. The van der Waals surface area contributed by atoms with Gasteiger partial charge in [0.1, 0.15) is 0 Å². The van der Waals surface area contributed by atoms with Gasteiger partial charge < -0.3 is 5.11 Å². The summed E-state index contributed by atoms with van der Waals surface area (Å²) in [5, 5.41) is 8.89. The molecule has 0 spiro atoms. The quantitative estimate of drug-likeness (QED) is 0.733. The summed E-state index contributed by atoms with van der Waals surface area (Å²) in [6.45, 7) is 3.10. The summed E-state index contributed by atoms with van der Waals surface area (Å²) in [5.41, 5.74) is 7.01. The molecule has 2 aromatic carbocycles. The summed E-state index contributed by atoms with van der Waals surface area (Å²) in [6, 6.07) is 17.7. The van der Waals surface area contributed by atoms with E-state index in [-0.39, 0.29) is 12.4 Å². The smallest absolute Gasteiger partial charge is 0.303 e. The van der Waals surface area contributed by atoms with E-state index < -0.39 is 5.97 Å². The monoisotopic (exact) mass is 411 g/mol. The largest absolute Gasteiger partial charge is 0.481 e. The molecule has 1 N–H and O–H groups in total. The van der Waals surface area contributed by atoms with Crippen molar-refractivity contribution >= 4 is 23.9 Å². The summed E-state index contributed by atoms with van der Waals surface area (Å²) in [7, 11) is 0. The number of halogens is 1. The third kappa shape index (κ3) is 5.29. The lowest BCUT2D eigenvalue weighted by Gasteiger charge is -2.31. The molecule has 0 aromatic heterocycles. The lowest BCUT2D eigenvalue weighted by molar-refractivity contribution is -0.137. The normalized spacial score (nSPS) is 16.9. The molecule has 0 unspecified atom stereocenters. The minimum Gasteiger partial charge on any atom is -0.481 e. The van der Waals surface area contributed by atoms with Gasteiger partial charge in [0.15, 0.2) is 0 Å². The maximum Gasteiger partial charge on any atom is 0.303 e. The van der Waals surface area contributed by atoms with E-state index in [4.69, 9.17) is 5.11 Å². The van der Waals surface area contributed by atoms with Crippen LogP contribution >= 0.6 is 12.4 Å². The van der Waals surface area contributed by atoms with Crippen LogP contribution in [0.15, 0.2) is 54.6 Å². The van der Waals surface area contributed by atoms with Gasteiger partial charge in [0.2, 0.25) is 0 Å². The number of hydrogen-bond acceptors (Lipinski definition) is 2. The van der Waals surface area contributed by atoms with E-state index in [2.05, 4.69) is 59.5 Å². The Balaban J connectivity index is 0.00000240. The van der Waals surface area contributed by atoms with Crippen LogP contribution in [-0.4, -0.2) is 35.6 Å². The predicted octanol–water partition coefficient (Wildman–Crippen LogP) is 5.22. The minimum atomic E-state index is -0.669. The summed E-state index contributed by atoms with van der Waals surface area (Å²) < 4.78 is 0. The number of aryl methyl sites for hydroxylation is 2. The van der Waals surface area contributed by atoms with Crippen LogP contribution in [0.4, 0.5) is 0 Å². The van der Waals surface area contributed by atoms with Crippen LogP contribution < -0.4 is 0 Å². The van der Waals surface area contributed by atoms with Gasteiger partial charge >= 0.3 is 5.97 Å². The fraction of sp³-hybridized carbons (Fsp3) is 0.400. The van der Waals surface area contributed by atoms with Crippen LogP contribution in [0.3, 0.4) is 0 Å². The molecular formula is C25H30ClNO2. The van der Waals surface area contributed by atoms with E-state index in [0.29, 0.717) is 12.3 Å². The van der Waals surface area contributed by atoms with Gasteiger partial charge in [-0.15, -0.1) is 12.4 Å². The molecule has 0 radical (unpaired) electrons. The van der Waals surface area contributed by atoms with Crippen LogP contribution in [0.2, 0.25) is 0 Å². The number of carboxylic acids is 1. The molecule has 0 atom stereocenters. The number of piperidine rings is 1. The van der Waals surface area contributed by atoms with Gasteiger partial charge in [-0.25, -0.2) is 0 Å². The fourth-order valence-electron chi connectivity index (χ4n) is 4.64. The molecule has 2 aromatic rings. The Labute approximate surface area is 179 Å². The van der Waals surface area contributed by atoms with Crippen LogP contribution in [0.1, 0.15) is 47.9 Å². The second-order valence-electron chi connectivity index (χ2n) is 8.11. The lowest BCUT2D eigenvalue weighted by Crippen LogP contribution is -2.34. The van der Waals surface area contributed by atoms with Gasteiger partial charge in [-0.1, -0.05) is 54.6 Å². The second-order valence-corrected chi connectivity index (χ2v) is 8.11. The first-order chi connectivity index (χ1) is 13.7. The molecule has 1 fully saturated rings. The van der Waals surface area contributed by atoms with Crippen LogP contribution in [0.25, 0.3) is 5.57 Å². The van der Waals surface area contributed by atoms with E-state index in [0.717, 1.165) is 51.7 Å². The first-order valence-corrected chi connectivity index (χ1v) is 10.5. The van der Waals surface area contributed by atoms with Crippen molar-refractivity contribution in [2.45, 2.75) is 38.5 Å². The molecule has 0 amide bonds. The average Bonchev–Trinajstić information content (AvgIpc) is 2.88. The number of carboxylic acid groups (broad SMARTS) is 1. The first kappa shape index (κ1) is 21.6. The van der Waals surface area contributed by atoms with E-state index in [1.807, 2.05) is 0 Å². The van der Waals surface area contributed by atoms with Gasteiger partial charge in [0.05, 0.1) is 0 Å². The Kier molecular flexibility index (Phi) is 7.51. The molecule has 29 heavy (non-hydrogen) atoms. The van der Waals surface area contributed by atoms with Gasteiger partial charge in [0, 0.05) is 13.0 Å². The maximum absolute atomic E-state index is 10.8. The maximum atomic E-state index is 10.8. The molecule has 0 bridgehead atoms. The molecule has 2 aliphatic rings. The van der Waals surface area contributed by atoms with Crippen molar-refractivity contribution in [3.63, 3.8) is 0 Å². The summed E-state index contributed by atoms with van der Waals surface area (Å²) in [4.78, 5) is 13.3. The summed E-state index contributed by atoms with van der Waals surface area (Å²) in [6.07, 6.45) is 7.97. The van der Waals surface area contributed by atoms with Crippen molar-refractivity contribution in [3.05, 3.63) is 76.9 Å². The zero-order chi connectivity index (χ0) is 19.3. The van der Waals surface area contributed by atoms with E-state index in [1.165, 1.54) is 27.8 Å². The standard InChI is InChI=1S/C25H29NO2.ClH/c27-25(28)12-9-19-13-16-26(17-14-19)18-15-24-22-7-3-1-5-20(22)10-11-21-6-2-4-8-23(21)24;/h1-8,15,19H,9-14,16-18H2,(H,27,28);1H. The van der Waals surface area contributed by atoms with Crippen molar-refractivity contribution in [1.29, 1.82) is 0 Å². The van der Waals surface area contributed by atoms with Gasteiger partial charge in [0.25, 0.3) is 0 Å². The molecule has 1 heterocycles. The highest BCUT2D eigenvalue weighted by atomic mass is 35.5. The van der Waals surface area contributed by atoms with Crippen molar-refractivity contribution < 1.29 is 9.90 Å². The number of nitrogens with zero attached hydrogens (tertiary/aromatic N) is 1. The molecule has 4 heteroatoms. The number of hydrogen-bond donors (Lipinski definition) is 1. The average molecular weight is 412 g/mol. The van der Waals surface area contributed by atoms with E-state index in [1.54, 1.807) is 0 Å². The number of fused-ring (bicyclic) bond motifs is 2. The van der Waals surface area contributed by atoms with Crippen molar-refractivity contribution in [2.75, 3.05) is 19.6 Å². The number of rotatable bonds is 5. The summed E-state index contributed by atoms with van der Waals surface area (Å²) in [5.74, 6) is -0.0998. The fourth-order valence-corrected chi connectivity index (χ4v) is 4.64. The first-order valence-electron chi connectivity index (χ1n) is 10.5. The van der Waals surface area contributed by atoms with E-state index in [9.17, 15) is 4.79 Å². The van der Waals surface area contributed by atoms with Gasteiger partial charge in [-0.3, -0.25) is 9.69 Å². The number of benzene rings is 2. The third-order valence-corrected chi connectivity index (χ3v) is 6.31. The Bertz CT molecular complexity index is 819.